The molecular formula is C20H19N2O2S2+. The Morgan fingerprint density at radius 1 is 0.769 bits per heavy atom. The third kappa shape index (κ3) is 3.49. The minimum Gasteiger partial charge on any atom is -0.325 e. The molecule has 6 heteroatoms. The highest BCUT2D eigenvalue weighted by Crippen LogP contribution is 2.21. The molecule has 1 aliphatic rings. The number of quaternary nitrogens is 1. The van der Waals surface area contributed by atoms with E-state index >= 15 is 0 Å². The number of hydrogen-bond acceptors (Lipinski definition) is 4. The first-order valence-electron chi connectivity index (χ1n) is 8.56. The van der Waals surface area contributed by atoms with E-state index < -0.39 is 0 Å². The summed E-state index contributed by atoms with van der Waals surface area (Å²) in [6.07, 6.45) is 0. The summed E-state index contributed by atoms with van der Waals surface area (Å²) < 4.78 is 0. The van der Waals surface area contributed by atoms with Crippen LogP contribution in [0.1, 0.15) is 30.5 Å². The van der Waals surface area contributed by atoms with Gasteiger partial charge in [-0.05, 0) is 35.0 Å². The van der Waals surface area contributed by atoms with Gasteiger partial charge in [-0.15, -0.1) is 22.7 Å². The topological polar surface area (TPSA) is 41.8 Å². The lowest BCUT2D eigenvalue weighted by atomic mass is 10.1. The third-order valence-corrected chi connectivity index (χ3v) is 6.33. The van der Waals surface area contributed by atoms with Gasteiger partial charge in [0, 0.05) is 0 Å². The molecule has 1 aromatic carbocycles. The van der Waals surface area contributed by atoms with Crippen LogP contribution in [0.3, 0.4) is 0 Å². The number of nitrogens with zero attached hydrogens (tertiary/aromatic N) is 1. The van der Waals surface area contributed by atoms with Crippen molar-refractivity contribution in [1.29, 1.82) is 0 Å². The van der Waals surface area contributed by atoms with E-state index in [2.05, 4.69) is 35.0 Å². The maximum atomic E-state index is 12.6. The highest BCUT2D eigenvalue weighted by molar-refractivity contribution is 7.10. The molecule has 2 amide bonds. The fourth-order valence-electron chi connectivity index (χ4n) is 3.27. The van der Waals surface area contributed by atoms with Crippen LogP contribution in [-0.2, 0) is 13.1 Å². The molecule has 2 aromatic heterocycles. The number of hydrogen-bond donors (Lipinski definition) is 1. The maximum absolute atomic E-state index is 12.6. The Bertz CT molecular complexity index is 833. The van der Waals surface area contributed by atoms with E-state index in [-0.39, 0.29) is 11.8 Å². The van der Waals surface area contributed by atoms with E-state index in [9.17, 15) is 9.59 Å². The first-order chi connectivity index (χ1) is 12.7. The zero-order chi connectivity index (χ0) is 17.9. The van der Waals surface area contributed by atoms with Crippen LogP contribution in [-0.4, -0.2) is 29.8 Å². The second-order valence-electron chi connectivity index (χ2n) is 6.32. The largest absolute Gasteiger partial charge is 0.325 e. The monoisotopic (exact) mass is 383 g/mol. The summed E-state index contributed by atoms with van der Waals surface area (Å²) in [5.41, 5.74) is 1.05. The molecule has 0 saturated carbocycles. The third-order valence-electron chi connectivity index (χ3n) is 4.58. The maximum Gasteiger partial charge on any atom is 0.261 e. The van der Waals surface area contributed by atoms with E-state index in [1.54, 1.807) is 46.9 Å². The van der Waals surface area contributed by atoms with Gasteiger partial charge in [-0.2, -0.15) is 0 Å². The van der Waals surface area contributed by atoms with Gasteiger partial charge in [-0.1, -0.05) is 24.3 Å². The number of carbonyl (C=O) groups excluding carboxylic acids is 2. The van der Waals surface area contributed by atoms with Crippen molar-refractivity contribution in [3.05, 3.63) is 80.2 Å². The lowest BCUT2D eigenvalue weighted by Crippen LogP contribution is -3.10. The first kappa shape index (κ1) is 17.1. The fraction of sp³-hybridized carbons (Fsp3) is 0.200. The molecule has 132 valence electrons. The summed E-state index contributed by atoms with van der Waals surface area (Å²) >= 11 is 3.50. The summed E-state index contributed by atoms with van der Waals surface area (Å²) in [6, 6.07) is 15.5. The molecule has 0 bridgehead atoms. The number of rotatable bonds is 7. The van der Waals surface area contributed by atoms with Crippen LogP contribution in [0.4, 0.5) is 0 Å². The predicted octanol–water partition coefficient (Wildman–Crippen LogP) is 2.69. The zero-order valence-electron chi connectivity index (χ0n) is 14.2. The number of thiophene rings is 2. The van der Waals surface area contributed by atoms with Crippen molar-refractivity contribution in [3.8, 4) is 0 Å². The smallest absolute Gasteiger partial charge is 0.261 e. The van der Waals surface area contributed by atoms with E-state index in [0.29, 0.717) is 17.7 Å². The number of amides is 2. The van der Waals surface area contributed by atoms with Gasteiger partial charge in [0.15, 0.2) is 0 Å². The number of nitrogens with one attached hydrogen (secondary N) is 1. The van der Waals surface area contributed by atoms with Gasteiger partial charge in [-0.25, -0.2) is 0 Å². The fourth-order valence-corrected chi connectivity index (χ4v) is 4.82. The van der Waals surface area contributed by atoms with Crippen LogP contribution in [0.5, 0.6) is 0 Å². The van der Waals surface area contributed by atoms with Gasteiger partial charge in [0.1, 0.15) is 13.1 Å². The van der Waals surface area contributed by atoms with Crippen molar-refractivity contribution >= 4 is 34.5 Å². The predicted molar refractivity (Wildman–Crippen MR) is 104 cm³/mol. The molecule has 0 spiro atoms. The van der Waals surface area contributed by atoms with Crippen LogP contribution in [0.25, 0.3) is 0 Å². The Hall–Kier alpha value is -2.28. The molecule has 0 aliphatic carbocycles. The standard InChI is InChI=1S/C20H18N2O2S2/c23-19-17-7-1-2-8-18(17)20(24)22(19)10-9-21(13-15-5-3-11-25-15)14-16-6-4-12-26-16/h1-8,11-12H,9-10,13-14H2/p+1. The van der Waals surface area contributed by atoms with E-state index in [1.165, 1.54) is 19.6 Å². The highest BCUT2D eigenvalue weighted by Gasteiger charge is 2.35. The Labute approximate surface area is 160 Å². The normalized spacial score (nSPS) is 13.7. The molecule has 0 radical (unpaired) electrons. The highest BCUT2D eigenvalue weighted by atomic mass is 32.1. The van der Waals surface area contributed by atoms with Gasteiger partial charge in [0.25, 0.3) is 11.8 Å². The SMILES string of the molecule is O=C1c2ccccc2C(=O)N1CC[NH+](Cc1cccs1)Cc1cccs1. The van der Waals surface area contributed by atoms with Crippen molar-refractivity contribution in [2.24, 2.45) is 0 Å². The molecule has 0 fully saturated rings. The van der Waals surface area contributed by atoms with Crippen LogP contribution in [0.2, 0.25) is 0 Å². The second kappa shape index (κ2) is 7.53. The van der Waals surface area contributed by atoms with Gasteiger partial charge in [0.05, 0.1) is 34.0 Å². The molecule has 1 N–H and O–H groups in total. The molecule has 0 saturated heterocycles. The van der Waals surface area contributed by atoms with Gasteiger partial charge in [0.2, 0.25) is 0 Å². The van der Waals surface area contributed by atoms with Crippen molar-refractivity contribution in [3.63, 3.8) is 0 Å². The Morgan fingerprint density at radius 2 is 1.31 bits per heavy atom. The van der Waals surface area contributed by atoms with Gasteiger partial charge < -0.3 is 4.90 Å². The summed E-state index contributed by atoms with van der Waals surface area (Å²) in [5, 5.41) is 4.17. The Kier molecular flexibility index (Phi) is 4.97. The number of carbonyl (C=O) groups is 2. The van der Waals surface area contributed by atoms with E-state index in [4.69, 9.17) is 0 Å². The Balaban J connectivity index is 1.46. The average Bonchev–Trinajstić information content (AvgIpc) is 3.38. The van der Waals surface area contributed by atoms with Crippen LogP contribution < -0.4 is 4.90 Å². The molecule has 0 atom stereocenters. The molecule has 1 aliphatic heterocycles. The van der Waals surface area contributed by atoms with Gasteiger partial charge in [-0.3, -0.25) is 14.5 Å². The first-order valence-corrected chi connectivity index (χ1v) is 10.3. The van der Waals surface area contributed by atoms with Crippen LogP contribution in [0, 0.1) is 0 Å². The molecule has 4 nitrogen and oxygen atoms in total. The number of imide groups is 1. The minimum atomic E-state index is -0.169. The molecule has 26 heavy (non-hydrogen) atoms. The zero-order valence-corrected chi connectivity index (χ0v) is 15.8. The summed E-state index contributed by atoms with van der Waals surface area (Å²) in [4.78, 5) is 30.5. The van der Waals surface area contributed by atoms with Gasteiger partial charge >= 0.3 is 0 Å². The molecular weight excluding hydrogens is 364 g/mol. The summed E-state index contributed by atoms with van der Waals surface area (Å²) in [6.45, 7) is 2.98. The van der Waals surface area contributed by atoms with Crippen molar-refractivity contribution in [2.75, 3.05) is 13.1 Å². The van der Waals surface area contributed by atoms with E-state index in [0.717, 1.165) is 19.6 Å². The molecule has 3 aromatic rings. The van der Waals surface area contributed by atoms with Crippen molar-refractivity contribution in [2.45, 2.75) is 13.1 Å². The van der Waals surface area contributed by atoms with Crippen molar-refractivity contribution < 1.29 is 14.5 Å². The molecule has 3 heterocycles. The number of fused-ring (bicyclic) bond motifs is 1. The lowest BCUT2D eigenvalue weighted by molar-refractivity contribution is -0.926. The average molecular weight is 384 g/mol. The molecule has 4 rings (SSSR count). The molecule has 0 unspecified atom stereocenters. The Morgan fingerprint density at radius 3 is 1.77 bits per heavy atom. The minimum absolute atomic E-state index is 0.169. The quantitative estimate of drug-likeness (QED) is 0.638. The second-order valence-corrected chi connectivity index (χ2v) is 8.38. The van der Waals surface area contributed by atoms with Crippen molar-refractivity contribution in [1.82, 2.24) is 4.90 Å². The van der Waals surface area contributed by atoms with Crippen LogP contribution >= 0.6 is 22.7 Å². The van der Waals surface area contributed by atoms with Crippen LogP contribution in [0.15, 0.2) is 59.3 Å². The summed E-state index contributed by atoms with van der Waals surface area (Å²) in [5.74, 6) is -0.339. The number of benzene rings is 1. The summed E-state index contributed by atoms with van der Waals surface area (Å²) in [7, 11) is 0. The van der Waals surface area contributed by atoms with E-state index in [1.807, 2.05) is 0 Å². The lowest BCUT2D eigenvalue weighted by Gasteiger charge is -2.21.